The maximum Gasteiger partial charge on any atom is 0.161 e. The van der Waals surface area contributed by atoms with Crippen molar-refractivity contribution in [3.63, 3.8) is 0 Å². The number of ether oxygens (including phenoxy) is 2. The second-order valence-corrected chi connectivity index (χ2v) is 5.96. The van der Waals surface area contributed by atoms with Crippen LogP contribution >= 0.6 is 0 Å². The molecule has 0 radical (unpaired) electrons. The Balaban J connectivity index is 1.93. The summed E-state index contributed by atoms with van der Waals surface area (Å²) in [6, 6.07) is 6.05. The predicted molar refractivity (Wildman–Crippen MR) is 94.5 cm³/mol. The zero-order valence-corrected chi connectivity index (χ0v) is 15.1. The maximum atomic E-state index is 5.90. The topological polar surface area (TPSA) is 56.5 Å². The largest absolute Gasteiger partial charge is 0.493 e. The molecule has 0 aliphatic carbocycles. The van der Waals surface area contributed by atoms with Crippen molar-refractivity contribution < 1.29 is 14.0 Å². The molecule has 0 bridgehead atoms. The summed E-state index contributed by atoms with van der Waals surface area (Å²) in [5.41, 5.74) is 3.03. The number of aryl methyl sites for hydroxylation is 2. The monoisotopic (exact) mass is 332 g/mol. The lowest BCUT2D eigenvalue weighted by atomic mass is 10.2. The average molecular weight is 332 g/mol. The number of rotatable bonds is 10. The molecule has 0 unspecified atom stereocenters. The van der Waals surface area contributed by atoms with Crippen LogP contribution in [0.4, 0.5) is 0 Å². The van der Waals surface area contributed by atoms with Crippen molar-refractivity contribution >= 4 is 0 Å². The van der Waals surface area contributed by atoms with Crippen molar-refractivity contribution in [1.29, 1.82) is 0 Å². The summed E-state index contributed by atoms with van der Waals surface area (Å²) < 4.78 is 16.5. The summed E-state index contributed by atoms with van der Waals surface area (Å²) in [6.07, 6.45) is 3.73. The Morgan fingerprint density at radius 1 is 1.17 bits per heavy atom. The molecule has 1 aromatic heterocycles. The Morgan fingerprint density at radius 2 is 2.00 bits per heavy atom. The lowest BCUT2D eigenvalue weighted by Crippen LogP contribution is -2.14. The van der Waals surface area contributed by atoms with E-state index in [4.69, 9.17) is 14.0 Å². The van der Waals surface area contributed by atoms with Gasteiger partial charge in [-0.3, -0.25) is 0 Å². The minimum Gasteiger partial charge on any atom is -0.493 e. The van der Waals surface area contributed by atoms with E-state index in [-0.39, 0.29) is 0 Å². The van der Waals surface area contributed by atoms with Gasteiger partial charge in [0.05, 0.1) is 18.4 Å². The molecule has 1 heterocycles. The first-order valence-corrected chi connectivity index (χ1v) is 8.57. The van der Waals surface area contributed by atoms with E-state index >= 15 is 0 Å². The number of aromatic nitrogens is 1. The molecule has 5 heteroatoms. The third-order valence-electron chi connectivity index (χ3n) is 4.07. The molecule has 1 N–H and O–H groups in total. The fraction of sp³-hybridized carbons (Fsp3) is 0.526. The summed E-state index contributed by atoms with van der Waals surface area (Å²) in [5.74, 6) is 2.27. The van der Waals surface area contributed by atoms with Crippen molar-refractivity contribution in [3.8, 4) is 11.5 Å². The van der Waals surface area contributed by atoms with Gasteiger partial charge in [0.25, 0.3) is 0 Å². The summed E-state index contributed by atoms with van der Waals surface area (Å²) in [6.45, 7) is 8.33. The molecule has 0 amide bonds. The van der Waals surface area contributed by atoms with E-state index in [1.807, 2.05) is 26.0 Å². The van der Waals surface area contributed by atoms with Gasteiger partial charge in [-0.1, -0.05) is 31.0 Å². The van der Waals surface area contributed by atoms with Crippen LogP contribution in [0, 0.1) is 13.8 Å². The van der Waals surface area contributed by atoms with Crippen LogP contribution in [0.2, 0.25) is 0 Å². The molecule has 0 aliphatic heterocycles. The second-order valence-electron chi connectivity index (χ2n) is 5.96. The third-order valence-corrected chi connectivity index (χ3v) is 4.07. The molecular weight excluding hydrogens is 304 g/mol. The number of methoxy groups -OCH3 is 1. The smallest absolute Gasteiger partial charge is 0.161 e. The SMILES string of the molecule is CCCCCNCc1ccc(OCc2c(C)noc2C)c(OC)c1. The van der Waals surface area contributed by atoms with E-state index in [0.29, 0.717) is 6.61 Å². The van der Waals surface area contributed by atoms with Crippen LogP contribution in [0.15, 0.2) is 22.7 Å². The van der Waals surface area contributed by atoms with Gasteiger partial charge < -0.3 is 19.3 Å². The normalized spacial score (nSPS) is 10.8. The molecule has 132 valence electrons. The van der Waals surface area contributed by atoms with Crippen LogP contribution in [-0.2, 0) is 13.2 Å². The fourth-order valence-corrected chi connectivity index (χ4v) is 2.53. The van der Waals surface area contributed by atoms with Gasteiger partial charge in [0.15, 0.2) is 11.5 Å². The van der Waals surface area contributed by atoms with Gasteiger partial charge in [0.1, 0.15) is 12.4 Å². The average Bonchev–Trinajstić information content (AvgIpc) is 2.91. The highest BCUT2D eigenvalue weighted by atomic mass is 16.5. The van der Waals surface area contributed by atoms with E-state index in [0.717, 1.165) is 41.6 Å². The second kappa shape index (κ2) is 9.33. The first kappa shape index (κ1) is 18.3. The van der Waals surface area contributed by atoms with Crippen molar-refractivity contribution in [3.05, 3.63) is 40.8 Å². The molecule has 0 fully saturated rings. The number of nitrogens with one attached hydrogen (secondary N) is 1. The Morgan fingerprint density at radius 3 is 2.67 bits per heavy atom. The van der Waals surface area contributed by atoms with E-state index in [2.05, 4.69) is 23.5 Å². The lowest BCUT2D eigenvalue weighted by Gasteiger charge is -2.12. The van der Waals surface area contributed by atoms with Crippen LogP contribution in [0.1, 0.15) is 48.8 Å². The molecule has 0 atom stereocenters. The van der Waals surface area contributed by atoms with Crippen molar-refractivity contribution in [2.45, 2.75) is 53.2 Å². The lowest BCUT2D eigenvalue weighted by molar-refractivity contribution is 0.281. The summed E-state index contributed by atoms with van der Waals surface area (Å²) in [4.78, 5) is 0. The Bertz CT molecular complexity index is 618. The quantitative estimate of drug-likeness (QED) is 0.662. The minimum atomic E-state index is 0.423. The van der Waals surface area contributed by atoms with Gasteiger partial charge >= 0.3 is 0 Å². The van der Waals surface area contributed by atoms with E-state index in [1.165, 1.54) is 24.8 Å². The van der Waals surface area contributed by atoms with Gasteiger partial charge in [-0.15, -0.1) is 0 Å². The van der Waals surface area contributed by atoms with Gasteiger partial charge in [-0.25, -0.2) is 0 Å². The van der Waals surface area contributed by atoms with E-state index in [1.54, 1.807) is 7.11 Å². The molecule has 1 aromatic carbocycles. The highest BCUT2D eigenvalue weighted by Gasteiger charge is 2.12. The van der Waals surface area contributed by atoms with Crippen LogP contribution in [0.3, 0.4) is 0 Å². The molecule has 0 saturated heterocycles. The highest BCUT2D eigenvalue weighted by Crippen LogP contribution is 2.29. The highest BCUT2D eigenvalue weighted by molar-refractivity contribution is 5.43. The minimum absolute atomic E-state index is 0.423. The zero-order valence-electron chi connectivity index (χ0n) is 15.1. The van der Waals surface area contributed by atoms with Crippen LogP contribution < -0.4 is 14.8 Å². The number of hydrogen-bond acceptors (Lipinski definition) is 5. The number of nitrogens with zero attached hydrogens (tertiary/aromatic N) is 1. The molecular formula is C19H28N2O3. The summed E-state index contributed by atoms with van der Waals surface area (Å²) >= 11 is 0. The maximum absolute atomic E-state index is 5.90. The molecule has 0 saturated carbocycles. The molecule has 24 heavy (non-hydrogen) atoms. The van der Waals surface area contributed by atoms with Gasteiger partial charge in [-0.05, 0) is 44.5 Å². The summed E-state index contributed by atoms with van der Waals surface area (Å²) in [7, 11) is 1.66. The number of hydrogen-bond donors (Lipinski definition) is 1. The van der Waals surface area contributed by atoms with E-state index in [9.17, 15) is 0 Å². The summed E-state index contributed by atoms with van der Waals surface area (Å²) in [5, 5.41) is 7.41. The third kappa shape index (κ3) is 4.99. The number of benzene rings is 1. The molecule has 2 aromatic rings. The first-order chi connectivity index (χ1) is 11.7. The fourth-order valence-electron chi connectivity index (χ4n) is 2.53. The molecule has 0 spiro atoms. The first-order valence-electron chi connectivity index (χ1n) is 8.57. The zero-order chi connectivity index (χ0) is 17.4. The molecule has 5 nitrogen and oxygen atoms in total. The predicted octanol–water partition coefficient (Wildman–Crippen LogP) is 4.16. The van der Waals surface area contributed by atoms with Gasteiger partial charge in [0, 0.05) is 6.54 Å². The molecule has 2 rings (SSSR count). The molecule has 0 aliphatic rings. The van der Waals surface area contributed by atoms with Crippen LogP contribution in [-0.4, -0.2) is 18.8 Å². The van der Waals surface area contributed by atoms with Crippen molar-refractivity contribution in [2.75, 3.05) is 13.7 Å². The number of unbranched alkanes of at least 4 members (excludes halogenated alkanes) is 2. The van der Waals surface area contributed by atoms with E-state index < -0.39 is 0 Å². The van der Waals surface area contributed by atoms with Crippen molar-refractivity contribution in [2.24, 2.45) is 0 Å². The Labute approximate surface area is 144 Å². The van der Waals surface area contributed by atoms with Gasteiger partial charge in [0.2, 0.25) is 0 Å². The van der Waals surface area contributed by atoms with Gasteiger partial charge in [-0.2, -0.15) is 0 Å². The van der Waals surface area contributed by atoms with Crippen LogP contribution in [0.25, 0.3) is 0 Å². The van der Waals surface area contributed by atoms with Crippen LogP contribution in [0.5, 0.6) is 11.5 Å². The van der Waals surface area contributed by atoms with Crippen molar-refractivity contribution in [1.82, 2.24) is 10.5 Å². The Kier molecular flexibility index (Phi) is 7.12. The standard InChI is InChI=1S/C19H28N2O3/c1-5-6-7-10-20-12-16-8-9-18(19(11-16)22-4)23-13-17-14(2)21-24-15(17)3/h8-9,11,20H,5-7,10,12-13H2,1-4H3. The Hall–Kier alpha value is -2.01.